The molecular weight excluding hydrogens is 207 g/mol. The van der Waals surface area contributed by atoms with E-state index >= 15 is 0 Å². The molecule has 1 aromatic heterocycles. The summed E-state index contributed by atoms with van der Waals surface area (Å²) in [4.78, 5) is 2.23. The largest absolute Gasteiger partial charge is 0.382 e. The number of rotatable bonds is 3. The van der Waals surface area contributed by atoms with E-state index in [9.17, 15) is 4.39 Å². The summed E-state index contributed by atoms with van der Waals surface area (Å²) in [7, 11) is 0. The number of nitrogen functional groups attached to an aromatic ring is 1. The Bertz CT molecular complexity index is 327. The van der Waals surface area contributed by atoms with Crippen LogP contribution in [-0.4, -0.2) is 34.9 Å². The Morgan fingerprint density at radius 2 is 2.31 bits per heavy atom. The fourth-order valence-electron chi connectivity index (χ4n) is 2.10. The van der Waals surface area contributed by atoms with Crippen LogP contribution in [0.25, 0.3) is 0 Å². The van der Waals surface area contributed by atoms with Crippen LogP contribution in [0.3, 0.4) is 0 Å². The van der Waals surface area contributed by atoms with E-state index in [-0.39, 0.29) is 12.6 Å². The lowest BCUT2D eigenvalue weighted by molar-refractivity contribution is 0.146. The molecule has 0 radical (unpaired) electrons. The Hall–Kier alpha value is -1.23. The lowest BCUT2D eigenvalue weighted by atomic mass is 9.99. The Kier molecular flexibility index (Phi) is 3.66. The molecule has 0 bridgehead atoms. The van der Waals surface area contributed by atoms with Crippen LogP contribution in [-0.2, 0) is 6.54 Å². The van der Waals surface area contributed by atoms with Gasteiger partial charge in [-0.05, 0) is 31.5 Å². The maximum atomic E-state index is 12.6. The van der Waals surface area contributed by atoms with Crippen molar-refractivity contribution in [3.63, 3.8) is 0 Å². The number of likely N-dealkylation sites (tertiary alicyclic amines) is 1. The van der Waals surface area contributed by atoms with Gasteiger partial charge in [-0.3, -0.25) is 9.29 Å². The van der Waals surface area contributed by atoms with E-state index in [1.54, 1.807) is 6.07 Å². The average Bonchev–Trinajstić information content (AvgIpc) is 2.32. The lowest BCUT2D eigenvalue weighted by Gasteiger charge is -2.30. The second-order valence-corrected chi connectivity index (χ2v) is 4.35. The number of anilines is 1. The minimum absolute atomic E-state index is 0.190. The second kappa shape index (κ2) is 5.21. The molecule has 2 rings (SSSR count). The number of piperidine rings is 1. The number of hydrogen-bond acceptors (Lipinski definition) is 4. The molecule has 5 heteroatoms. The number of nitrogens with zero attached hydrogens (tertiary/aromatic N) is 3. The van der Waals surface area contributed by atoms with Crippen LogP contribution in [0.5, 0.6) is 0 Å². The molecule has 1 saturated heterocycles. The predicted molar refractivity (Wildman–Crippen MR) is 60.4 cm³/mol. The Morgan fingerprint density at radius 3 is 3.00 bits per heavy atom. The number of hydrogen-bond donors (Lipinski definition) is 1. The van der Waals surface area contributed by atoms with Crippen molar-refractivity contribution >= 4 is 5.82 Å². The predicted octanol–water partition coefficient (Wildman–Crippen LogP) is 1.24. The van der Waals surface area contributed by atoms with Gasteiger partial charge in [0.25, 0.3) is 0 Å². The van der Waals surface area contributed by atoms with Crippen molar-refractivity contribution < 1.29 is 4.39 Å². The number of aromatic nitrogens is 2. The van der Waals surface area contributed by atoms with Gasteiger partial charge in [-0.25, -0.2) is 0 Å². The van der Waals surface area contributed by atoms with Crippen LogP contribution in [0.2, 0.25) is 0 Å². The fraction of sp³-hybridized carbons (Fsp3) is 0.636. The molecule has 16 heavy (non-hydrogen) atoms. The zero-order chi connectivity index (χ0) is 11.4. The van der Waals surface area contributed by atoms with Crippen LogP contribution >= 0.6 is 0 Å². The minimum atomic E-state index is -0.218. The summed E-state index contributed by atoms with van der Waals surface area (Å²) in [5.41, 5.74) is 6.36. The standard InChI is InChI=1S/C11H17FN4/c12-6-9-2-1-5-16(7-9)8-10-3-4-11(13)15-14-10/h3-4,9H,1-2,5-8H2,(H2,13,15). The van der Waals surface area contributed by atoms with Crippen LogP contribution < -0.4 is 5.73 Å². The molecule has 0 saturated carbocycles. The molecule has 0 aromatic carbocycles. The van der Waals surface area contributed by atoms with E-state index in [1.165, 1.54) is 0 Å². The first kappa shape index (κ1) is 11.3. The second-order valence-electron chi connectivity index (χ2n) is 4.35. The van der Waals surface area contributed by atoms with Crippen molar-refractivity contribution in [2.24, 2.45) is 5.92 Å². The zero-order valence-electron chi connectivity index (χ0n) is 9.27. The summed E-state index contributed by atoms with van der Waals surface area (Å²) < 4.78 is 12.6. The third-order valence-electron chi connectivity index (χ3n) is 2.95. The monoisotopic (exact) mass is 224 g/mol. The van der Waals surface area contributed by atoms with E-state index in [2.05, 4.69) is 15.1 Å². The smallest absolute Gasteiger partial charge is 0.146 e. The topological polar surface area (TPSA) is 55.0 Å². The average molecular weight is 224 g/mol. The lowest BCUT2D eigenvalue weighted by Crippen LogP contribution is -2.35. The SMILES string of the molecule is Nc1ccc(CN2CCCC(CF)C2)nn1. The highest BCUT2D eigenvalue weighted by Crippen LogP contribution is 2.18. The quantitative estimate of drug-likeness (QED) is 0.839. The summed E-state index contributed by atoms with van der Waals surface area (Å²) in [6.07, 6.45) is 2.07. The van der Waals surface area contributed by atoms with Gasteiger partial charge in [0.2, 0.25) is 0 Å². The van der Waals surface area contributed by atoms with E-state index in [4.69, 9.17) is 5.73 Å². The van der Waals surface area contributed by atoms with Crippen LogP contribution in [0, 0.1) is 5.92 Å². The van der Waals surface area contributed by atoms with Gasteiger partial charge < -0.3 is 5.73 Å². The van der Waals surface area contributed by atoms with Crippen molar-refractivity contribution in [1.29, 1.82) is 0 Å². The van der Waals surface area contributed by atoms with Crippen molar-refractivity contribution in [3.8, 4) is 0 Å². The van der Waals surface area contributed by atoms with Crippen LogP contribution in [0.15, 0.2) is 12.1 Å². The molecule has 88 valence electrons. The summed E-state index contributed by atoms with van der Waals surface area (Å²) in [5, 5.41) is 7.82. The highest BCUT2D eigenvalue weighted by atomic mass is 19.1. The molecule has 0 aliphatic carbocycles. The molecule has 1 aliphatic heterocycles. The van der Waals surface area contributed by atoms with Gasteiger partial charge in [0.05, 0.1) is 12.4 Å². The van der Waals surface area contributed by atoms with Crippen molar-refractivity contribution in [2.45, 2.75) is 19.4 Å². The molecule has 0 amide bonds. The maximum absolute atomic E-state index is 12.6. The van der Waals surface area contributed by atoms with Crippen LogP contribution in [0.1, 0.15) is 18.5 Å². The summed E-state index contributed by atoms with van der Waals surface area (Å²) in [6, 6.07) is 3.63. The van der Waals surface area contributed by atoms with E-state index in [0.717, 1.165) is 38.2 Å². The molecule has 1 unspecified atom stereocenters. The summed E-state index contributed by atoms with van der Waals surface area (Å²) in [6.45, 7) is 2.36. The molecule has 2 N–H and O–H groups in total. The van der Waals surface area contributed by atoms with Crippen LogP contribution in [0.4, 0.5) is 10.2 Å². The van der Waals surface area contributed by atoms with E-state index < -0.39 is 0 Å². The molecule has 1 aromatic rings. The molecule has 1 atom stereocenters. The summed E-state index contributed by atoms with van der Waals surface area (Å²) >= 11 is 0. The summed E-state index contributed by atoms with van der Waals surface area (Å²) in [5.74, 6) is 0.625. The van der Waals surface area contributed by atoms with Gasteiger partial charge in [0, 0.05) is 19.0 Å². The first-order valence-corrected chi connectivity index (χ1v) is 5.64. The molecule has 1 fully saturated rings. The van der Waals surface area contributed by atoms with Crippen molar-refractivity contribution in [2.75, 3.05) is 25.5 Å². The van der Waals surface area contributed by atoms with Gasteiger partial charge in [0.15, 0.2) is 0 Å². The fourth-order valence-corrected chi connectivity index (χ4v) is 2.10. The third-order valence-corrected chi connectivity index (χ3v) is 2.95. The Balaban J connectivity index is 1.91. The van der Waals surface area contributed by atoms with Gasteiger partial charge >= 0.3 is 0 Å². The molecule has 1 aliphatic rings. The van der Waals surface area contributed by atoms with Gasteiger partial charge in [-0.2, -0.15) is 5.10 Å². The molecule has 4 nitrogen and oxygen atoms in total. The molecular formula is C11H17FN4. The Morgan fingerprint density at radius 1 is 1.44 bits per heavy atom. The van der Waals surface area contributed by atoms with E-state index in [1.807, 2.05) is 6.07 Å². The van der Waals surface area contributed by atoms with Crippen molar-refractivity contribution in [3.05, 3.63) is 17.8 Å². The number of halogens is 1. The number of nitrogens with two attached hydrogens (primary N) is 1. The number of alkyl halides is 1. The van der Waals surface area contributed by atoms with Gasteiger partial charge in [0.1, 0.15) is 5.82 Å². The zero-order valence-corrected chi connectivity index (χ0v) is 9.27. The van der Waals surface area contributed by atoms with Crippen molar-refractivity contribution in [1.82, 2.24) is 15.1 Å². The molecule has 0 spiro atoms. The normalized spacial score (nSPS) is 22.2. The van der Waals surface area contributed by atoms with Gasteiger partial charge in [-0.1, -0.05) is 0 Å². The first-order chi connectivity index (χ1) is 7.78. The maximum Gasteiger partial charge on any atom is 0.146 e. The highest BCUT2D eigenvalue weighted by Gasteiger charge is 2.19. The Labute approximate surface area is 94.7 Å². The third kappa shape index (κ3) is 2.88. The highest BCUT2D eigenvalue weighted by molar-refractivity contribution is 5.25. The first-order valence-electron chi connectivity index (χ1n) is 5.64. The molecule has 2 heterocycles. The van der Waals surface area contributed by atoms with E-state index in [0.29, 0.717) is 5.82 Å². The minimum Gasteiger partial charge on any atom is -0.382 e. The van der Waals surface area contributed by atoms with Gasteiger partial charge in [-0.15, -0.1) is 5.10 Å².